The van der Waals surface area contributed by atoms with Crippen LogP contribution in [0.25, 0.3) is 10.7 Å². The molecule has 0 aromatic carbocycles. The Morgan fingerprint density at radius 2 is 2.28 bits per heavy atom. The number of carbonyl (C=O) groups excluding carboxylic acids is 1. The fraction of sp³-hybridized carbons (Fsp3) is 0.308. The summed E-state index contributed by atoms with van der Waals surface area (Å²) < 4.78 is 4.98. The van der Waals surface area contributed by atoms with Gasteiger partial charge in [-0.1, -0.05) is 13.0 Å². The number of ether oxygens (including phenoxy) is 1. The van der Waals surface area contributed by atoms with E-state index in [1.807, 2.05) is 24.4 Å². The van der Waals surface area contributed by atoms with Crippen LogP contribution in [0.1, 0.15) is 29.9 Å². The molecular weight excluding hydrogens is 248 g/mol. The van der Waals surface area contributed by atoms with E-state index in [1.54, 1.807) is 24.5 Å². The molecule has 4 nitrogen and oxygen atoms in total. The van der Waals surface area contributed by atoms with Crippen LogP contribution in [0.5, 0.6) is 0 Å². The van der Waals surface area contributed by atoms with Gasteiger partial charge in [0.25, 0.3) is 0 Å². The van der Waals surface area contributed by atoms with E-state index in [1.165, 1.54) is 0 Å². The molecule has 0 aliphatic carbocycles. The van der Waals surface area contributed by atoms with Crippen molar-refractivity contribution in [3.8, 4) is 10.7 Å². The fourth-order valence-corrected chi connectivity index (χ4v) is 2.26. The first kappa shape index (κ1) is 12.7. The maximum atomic E-state index is 11.7. The highest BCUT2D eigenvalue weighted by Crippen LogP contribution is 2.22. The van der Waals surface area contributed by atoms with Crippen LogP contribution in [0.15, 0.2) is 23.7 Å². The van der Waals surface area contributed by atoms with Crippen molar-refractivity contribution in [2.45, 2.75) is 20.3 Å². The molecule has 0 amide bonds. The minimum absolute atomic E-state index is 0.355. The second-order valence-corrected chi connectivity index (χ2v) is 4.55. The van der Waals surface area contributed by atoms with Crippen molar-refractivity contribution in [1.29, 1.82) is 0 Å². The zero-order valence-corrected chi connectivity index (χ0v) is 11.2. The Bertz CT molecular complexity index is 538. The molecule has 0 aliphatic heterocycles. The topological polar surface area (TPSA) is 52.1 Å². The highest BCUT2D eigenvalue weighted by molar-refractivity contribution is 7.13. The highest BCUT2D eigenvalue weighted by atomic mass is 32.1. The fourth-order valence-electron chi connectivity index (χ4n) is 1.59. The Hall–Kier alpha value is -1.75. The summed E-state index contributed by atoms with van der Waals surface area (Å²) in [6.45, 7) is 4.10. The normalized spacial score (nSPS) is 10.3. The molecular formula is C13H14N2O2S. The number of aromatic nitrogens is 2. The van der Waals surface area contributed by atoms with Crippen molar-refractivity contribution in [3.63, 3.8) is 0 Å². The first-order chi connectivity index (χ1) is 8.76. The van der Waals surface area contributed by atoms with E-state index in [2.05, 4.69) is 9.97 Å². The molecule has 0 bridgehead atoms. The molecule has 18 heavy (non-hydrogen) atoms. The smallest absolute Gasteiger partial charge is 0.341 e. The van der Waals surface area contributed by atoms with Crippen molar-refractivity contribution >= 4 is 17.3 Å². The zero-order chi connectivity index (χ0) is 13.0. The van der Waals surface area contributed by atoms with Crippen LogP contribution >= 0.6 is 11.3 Å². The molecule has 0 unspecified atom stereocenters. The molecule has 0 spiro atoms. The Labute approximate surface area is 110 Å². The Balaban J connectivity index is 2.37. The Morgan fingerprint density at radius 1 is 1.44 bits per heavy atom. The van der Waals surface area contributed by atoms with Gasteiger partial charge in [0.2, 0.25) is 0 Å². The van der Waals surface area contributed by atoms with Gasteiger partial charge in [-0.25, -0.2) is 14.8 Å². The van der Waals surface area contributed by atoms with Gasteiger partial charge < -0.3 is 4.74 Å². The molecule has 5 heteroatoms. The number of thiophene rings is 1. The van der Waals surface area contributed by atoms with E-state index in [-0.39, 0.29) is 5.97 Å². The van der Waals surface area contributed by atoms with Crippen LogP contribution in [0, 0.1) is 0 Å². The van der Waals surface area contributed by atoms with Crippen LogP contribution in [0.2, 0.25) is 0 Å². The second kappa shape index (κ2) is 5.73. The summed E-state index contributed by atoms with van der Waals surface area (Å²) in [6, 6.07) is 3.91. The molecule has 2 aromatic heterocycles. The average Bonchev–Trinajstić information content (AvgIpc) is 2.92. The van der Waals surface area contributed by atoms with Crippen LogP contribution in [-0.2, 0) is 11.2 Å². The van der Waals surface area contributed by atoms with E-state index in [4.69, 9.17) is 4.74 Å². The minimum atomic E-state index is -0.355. The second-order valence-electron chi connectivity index (χ2n) is 3.61. The molecule has 94 valence electrons. The summed E-state index contributed by atoms with van der Waals surface area (Å²) in [4.78, 5) is 21.4. The number of carbonyl (C=O) groups is 1. The van der Waals surface area contributed by atoms with Gasteiger partial charge in [-0.2, -0.15) is 0 Å². The summed E-state index contributed by atoms with van der Waals surface area (Å²) in [6.07, 6.45) is 2.23. The van der Waals surface area contributed by atoms with Crippen LogP contribution in [-0.4, -0.2) is 22.5 Å². The van der Waals surface area contributed by atoms with Gasteiger partial charge >= 0.3 is 5.97 Å². The number of nitrogens with zero attached hydrogens (tertiary/aromatic N) is 2. The largest absolute Gasteiger partial charge is 0.462 e. The molecule has 0 aliphatic rings. The molecule has 2 heterocycles. The highest BCUT2D eigenvalue weighted by Gasteiger charge is 2.15. The quantitative estimate of drug-likeness (QED) is 0.795. The molecule has 0 saturated heterocycles. The standard InChI is InChI=1S/C13H14N2O2S/c1-3-10-9(13(16)17-4-2)8-14-12(15-10)11-6-5-7-18-11/h5-8H,3-4H2,1-2H3. The summed E-state index contributed by atoms with van der Waals surface area (Å²) >= 11 is 1.58. The van der Waals surface area contributed by atoms with Gasteiger partial charge in [-0.05, 0) is 24.8 Å². The number of aryl methyl sites for hydroxylation is 1. The number of hydrogen-bond acceptors (Lipinski definition) is 5. The SMILES string of the molecule is CCOC(=O)c1cnc(-c2cccs2)nc1CC. The summed E-state index contributed by atoms with van der Waals surface area (Å²) in [5.74, 6) is 0.307. The van der Waals surface area contributed by atoms with Gasteiger partial charge in [-0.15, -0.1) is 11.3 Å². The first-order valence-corrected chi connectivity index (χ1v) is 6.71. The van der Waals surface area contributed by atoms with E-state index < -0.39 is 0 Å². The van der Waals surface area contributed by atoms with Crippen LogP contribution in [0.3, 0.4) is 0 Å². The predicted octanol–water partition coefficient (Wildman–Crippen LogP) is 2.94. The van der Waals surface area contributed by atoms with E-state index in [0.717, 1.165) is 10.6 Å². The van der Waals surface area contributed by atoms with Crippen molar-refractivity contribution in [2.75, 3.05) is 6.61 Å². The van der Waals surface area contributed by atoms with Gasteiger partial charge in [0.1, 0.15) is 0 Å². The molecule has 0 saturated carbocycles. The molecule has 2 aromatic rings. The third kappa shape index (κ3) is 2.56. The maximum absolute atomic E-state index is 11.7. The van der Waals surface area contributed by atoms with Gasteiger partial charge in [0, 0.05) is 6.20 Å². The molecule has 0 radical (unpaired) electrons. The number of hydrogen-bond donors (Lipinski definition) is 0. The van der Waals surface area contributed by atoms with Crippen molar-refractivity contribution in [2.24, 2.45) is 0 Å². The van der Waals surface area contributed by atoms with E-state index in [0.29, 0.717) is 24.4 Å². The van der Waals surface area contributed by atoms with E-state index in [9.17, 15) is 4.79 Å². The van der Waals surface area contributed by atoms with Crippen molar-refractivity contribution in [3.05, 3.63) is 35.0 Å². The first-order valence-electron chi connectivity index (χ1n) is 5.83. The van der Waals surface area contributed by atoms with E-state index >= 15 is 0 Å². The lowest BCUT2D eigenvalue weighted by atomic mass is 10.2. The zero-order valence-electron chi connectivity index (χ0n) is 10.3. The third-order valence-corrected chi connectivity index (χ3v) is 3.31. The predicted molar refractivity (Wildman–Crippen MR) is 70.7 cm³/mol. The monoisotopic (exact) mass is 262 g/mol. The van der Waals surface area contributed by atoms with Crippen LogP contribution < -0.4 is 0 Å². The number of rotatable bonds is 4. The Morgan fingerprint density at radius 3 is 2.89 bits per heavy atom. The Kier molecular flexibility index (Phi) is 4.04. The average molecular weight is 262 g/mol. The summed E-state index contributed by atoms with van der Waals surface area (Å²) in [7, 11) is 0. The van der Waals surface area contributed by atoms with Gasteiger partial charge in [0.05, 0.1) is 22.7 Å². The molecule has 2 rings (SSSR count). The lowest BCUT2D eigenvalue weighted by Gasteiger charge is -2.07. The third-order valence-electron chi connectivity index (χ3n) is 2.44. The van der Waals surface area contributed by atoms with Crippen LogP contribution in [0.4, 0.5) is 0 Å². The lowest BCUT2D eigenvalue weighted by Crippen LogP contribution is -2.10. The molecule has 0 fully saturated rings. The molecule has 0 atom stereocenters. The van der Waals surface area contributed by atoms with Gasteiger partial charge in [0.15, 0.2) is 5.82 Å². The lowest BCUT2D eigenvalue weighted by molar-refractivity contribution is 0.0524. The summed E-state index contributed by atoms with van der Waals surface area (Å²) in [5, 5.41) is 1.98. The van der Waals surface area contributed by atoms with Crippen molar-refractivity contribution in [1.82, 2.24) is 9.97 Å². The van der Waals surface area contributed by atoms with Gasteiger partial charge in [-0.3, -0.25) is 0 Å². The number of esters is 1. The minimum Gasteiger partial charge on any atom is -0.462 e. The molecule has 0 N–H and O–H groups in total. The maximum Gasteiger partial charge on any atom is 0.341 e. The van der Waals surface area contributed by atoms with Crippen molar-refractivity contribution < 1.29 is 9.53 Å². The summed E-state index contributed by atoms with van der Waals surface area (Å²) in [5.41, 5.74) is 1.19.